The summed E-state index contributed by atoms with van der Waals surface area (Å²) in [5, 5.41) is 3.74. The summed E-state index contributed by atoms with van der Waals surface area (Å²) in [6, 6.07) is 17.7. The van der Waals surface area contributed by atoms with Crippen molar-refractivity contribution in [3.8, 4) is 11.5 Å². The lowest BCUT2D eigenvalue weighted by Crippen LogP contribution is -2.30. The number of benzene rings is 3. The van der Waals surface area contributed by atoms with Crippen LogP contribution in [0, 0.1) is 13.8 Å². The monoisotopic (exact) mass is 491 g/mol. The van der Waals surface area contributed by atoms with Gasteiger partial charge in [-0.25, -0.2) is 4.98 Å². The van der Waals surface area contributed by atoms with E-state index in [9.17, 15) is 4.79 Å². The minimum atomic E-state index is -0.0663. The molecule has 35 heavy (non-hydrogen) atoms. The first kappa shape index (κ1) is 24.6. The summed E-state index contributed by atoms with van der Waals surface area (Å²) in [5.41, 5.74) is 6.20. The van der Waals surface area contributed by atoms with Crippen LogP contribution in [-0.4, -0.2) is 36.2 Å². The van der Waals surface area contributed by atoms with Crippen molar-refractivity contribution in [1.82, 2.24) is 14.9 Å². The highest BCUT2D eigenvalue weighted by Gasteiger charge is 2.16. The van der Waals surface area contributed by atoms with Gasteiger partial charge in [0, 0.05) is 18.0 Å². The van der Waals surface area contributed by atoms with Gasteiger partial charge >= 0.3 is 0 Å². The fourth-order valence-corrected chi connectivity index (χ4v) is 4.34. The molecule has 6 nitrogen and oxygen atoms in total. The zero-order chi connectivity index (χ0) is 24.9. The zero-order valence-corrected chi connectivity index (χ0v) is 21.3. The number of nitrogens with one attached hydrogen (secondary N) is 1. The lowest BCUT2D eigenvalue weighted by atomic mass is 10.1. The molecular weight excluding hydrogens is 462 g/mol. The number of rotatable bonds is 9. The molecule has 182 valence electrons. The van der Waals surface area contributed by atoms with E-state index in [0.717, 1.165) is 33.5 Å². The summed E-state index contributed by atoms with van der Waals surface area (Å²) in [4.78, 5) is 17.8. The van der Waals surface area contributed by atoms with Crippen LogP contribution in [0.15, 0.2) is 54.6 Å². The summed E-state index contributed by atoms with van der Waals surface area (Å²) < 4.78 is 12.7. The van der Waals surface area contributed by atoms with Gasteiger partial charge < -0.3 is 19.4 Å². The van der Waals surface area contributed by atoms with Crippen molar-refractivity contribution in [2.75, 3.05) is 20.8 Å². The van der Waals surface area contributed by atoms with Gasteiger partial charge in [-0.05, 0) is 72.9 Å². The van der Waals surface area contributed by atoms with E-state index in [1.807, 2.05) is 47.0 Å². The summed E-state index contributed by atoms with van der Waals surface area (Å²) in [6.07, 6.45) is 1.23. The SMILES string of the molecule is COc1ccc(CCNC(=O)Cn2c(Cc3ccccc3Cl)nc3cc(C)c(C)cc32)cc1OC. The van der Waals surface area contributed by atoms with Crippen LogP contribution in [0.1, 0.15) is 28.1 Å². The molecule has 3 aromatic carbocycles. The minimum Gasteiger partial charge on any atom is -0.493 e. The number of carbonyl (C=O) groups is 1. The molecule has 4 rings (SSSR count). The Morgan fingerprint density at radius 1 is 1.00 bits per heavy atom. The van der Waals surface area contributed by atoms with Gasteiger partial charge in [0.1, 0.15) is 12.4 Å². The number of aryl methyl sites for hydroxylation is 2. The number of carbonyl (C=O) groups excluding carboxylic acids is 1. The Morgan fingerprint density at radius 2 is 1.74 bits per heavy atom. The largest absolute Gasteiger partial charge is 0.493 e. The highest BCUT2D eigenvalue weighted by Crippen LogP contribution is 2.28. The lowest BCUT2D eigenvalue weighted by molar-refractivity contribution is -0.121. The Bertz CT molecular complexity index is 1360. The smallest absolute Gasteiger partial charge is 0.240 e. The standard InChI is InChI=1S/C28H30ClN3O3/c1-18-13-23-24(14-19(18)2)32(27(31-23)16-21-7-5-6-8-22(21)29)17-28(33)30-12-11-20-9-10-25(34-3)26(15-20)35-4/h5-10,13-15H,11-12,16-17H2,1-4H3,(H,30,33). The molecule has 4 aromatic rings. The molecule has 1 amide bonds. The van der Waals surface area contributed by atoms with E-state index in [2.05, 4.69) is 31.3 Å². The number of amides is 1. The van der Waals surface area contributed by atoms with Gasteiger partial charge in [-0.2, -0.15) is 0 Å². The Kier molecular flexibility index (Phi) is 7.61. The molecule has 0 aliphatic heterocycles. The first-order chi connectivity index (χ1) is 16.9. The molecule has 0 unspecified atom stereocenters. The van der Waals surface area contributed by atoms with Crippen LogP contribution in [0.4, 0.5) is 0 Å². The normalized spacial score (nSPS) is 11.0. The average Bonchev–Trinajstić information content (AvgIpc) is 3.16. The molecule has 0 saturated carbocycles. The molecule has 1 aromatic heterocycles. The van der Waals surface area contributed by atoms with Crippen LogP contribution in [0.2, 0.25) is 5.02 Å². The van der Waals surface area contributed by atoms with Crippen molar-refractivity contribution in [3.05, 3.63) is 87.7 Å². The van der Waals surface area contributed by atoms with Gasteiger partial charge in [-0.3, -0.25) is 4.79 Å². The summed E-state index contributed by atoms with van der Waals surface area (Å²) >= 11 is 6.42. The number of nitrogens with zero attached hydrogens (tertiary/aromatic N) is 2. The van der Waals surface area contributed by atoms with Gasteiger partial charge in [-0.1, -0.05) is 35.9 Å². The highest BCUT2D eigenvalue weighted by atomic mass is 35.5. The second-order valence-electron chi connectivity index (χ2n) is 8.60. The number of imidazole rings is 1. The number of hydrogen-bond acceptors (Lipinski definition) is 4. The predicted octanol–water partition coefficient (Wildman–Crippen LogP) is 5.27. The van der Waals surface area contributed by atoms with Gasteiger partial charge in [0.2, 0.25) is 5.91 Å². The van der Waals surface area contributed by atoms with Crippen LogP contribution in [-0.2, 0) is 24.2 Å². The van der Waals surface area contributed by atoms with Crippen molar-refractivity contribution in [2.45, 2.75) is 33.2 Å². The quantitative estimate of drug-likeness (QED) is 0.346. The van der Waals surface area contributed by atoms with E-state index < -0.39 is 0 Å². The second-order valence-corrected chi connectivity index (χ2v) is 9.00. The van der Waals surface area contributed by atoms with Crippen LogP contribution in [0.5, 0.6) is 11.5 Å². The van der Waals surface area contributed by atoms with E-state index in [-0.39, 0.29) is 12.5 Å². The van der Waals surface area contributed by atoms with E-state index in [1.165, 1.54) is 5.56 Å². The molecule has 1 heterocycles. The fraction of sp³-hybridized carbons (Fsp3) is 0.286. The summed E-state index contributed by atoms with van der Waals surface area (Å²) in [5.74, 6) is 2.11. The third-order valence-electron chi connectivity index (χ3n) is 6.23. The second kappa shape index (κ2) is 10.8. The topological polar surface area (TPSA) is 65.4 Å². The Balaban J connectivity index is 1.51. The van der Waals surface area contributed by atoms with Gasteiger partial charge in [0.15, 0.2) is 11.5 Å². The molecule has 0 aliphatic carbocycles. The Labute approximate surface area is 210 Å². The molecule has 0 spiro atoms. The fourth-order valence-electron chi connectivity index (χ4n) is 4.14. The van der Waals surface area contributed by atoms with Gasteiger partial charge in [0.25, 0.3) is 0 Å². The third-order valence-corrected chi connectivity index (χ3v) is 6.60. The summed E-state index contributed by atoms with van der Waals surface area (Å²) in [6.45, 7) is 4.84. The molecule has 0 fully saturated rings. The van der Waals surface area contributed by atoms with Gasteiger partial charge in [0.05, 0.1) is 25.3 Å². The maximum absolute atomic E-state index is 13.0. The van der Waals surface area contributed by atoms with Crippen LogP contribution < -0.4 is 14.8 Å². The molecule has 7 heteroatoms. The number of fused-ring (bicyclic) bond motifs is 1. The summed E-state index contributed by atoms with van der Waals surface area (Å²) in [7, 11) is 3.22. The van der Waals surface area contributed by atoms with Gasteiger partial charge in [-0.15, -0.1) is 0 Å². The first-order valence-corrected chi connectivity index (χ1v) is 11.9. The predicted molar refractivity (Wildman–Crippen MR) is 140 cm³/mol. The van der Waals surface area contributed by atoms with Crippen molar-refractivity contribution >= 4 is 28.5 Å². The molecule has 0 radical (unpaired) electrons. The van der Waals surface area contributed by atoms with E-state index >= 15 is 0 Å². The minimum absolute atomic E-state index is 0.0663. The van der Waals surface area contributed by atoms with E-state index in [4.69, 9.17) is 26.1 Å². The first-order valence-electron chi connectivity index (χ1n) is 11.6. The van der Waals surface area contributed by atoms with Crippen molar-refractivity contribution in [2.24, 2.45) is 0 Å². The highest BCUT2D eigenvalue weighted by molar-refractivity contribution is 6.31. The Hall–Kier alpha value is -3.51. The number of methoxy groups -OCH3 is 2. The molecule has 0 saturated heterocycles. The van der Waals surface area contributed by atoms with E-state index in [1.54, 1.807) is 14.2 Å². The molecule has 0 atom stereocenters. The van der Waals surface area contributed by atoms with Crippen LogP contribution in [0.25, 0.3) is 11.0 Å². The molecule has 0 bridgehead atoms. The molecule has 0 aliphatic rings. The third kappa shape index (κ3) is 5.60. The number of ether oxygens (including phenoxy) is 2. The zero-order valence-electron chi connectivity index (χ0n) is 20.5. The number of aromatic nitrogens is 2. The lowest BCUT2D eigenvalue weighted by Gasteiger charge is -2.12. The maximum atomic E-state index is 13.0. The van der Waals surface area contributed by atoms with Crippen molar-refractivity contribution in [3.63, 3.8) is 0 Å². The number of hydrogen-bond donors (Lipinski definition) is 1. The molecular formula is C28H30ClN3O3. The van der Waals surface area contributed by atoms with Crippen LogP contribution >= 0.6 is 11.6 Å². The Morgan fingerprint density at radius 3 is 2.49 bits per heavy atom. The average molecular weight is 492 g/mol. The van der Waals surface area contributed by atoms with E-state index in [0.29, 0.717) is 35.9 Å². The maximum Gasteiger partial charge on any atom is 0.240 e. The molecule has 1 N–H and O–H groups in total. The van der Waals surface area contributed by atoms with Crippen molar-refractivity contribution in [1.29, 1.82) is 0 Å². The van der Waals surface area contributed by atoms with Crippen molar-refractivity contribution < 1.29 is 14.3 Å². The van der Waals surface area contributed by atoms with Crippen LogP contribution in [0.3, 0.4) is 0 Å². The number of halogens is 1.